The van der Waals surface area contributed by atoms with Crippen LogP contribution in [0.5, 0.6) is 5.75 Å². The quantitative estimate of drug-likeness (QED) is 0.618. The summed E-state index contributed by atoms with van der Waals surface area (Å²) in [6.45, 7) is 3.21. The fourth-order valence-corrected chi connectivity index (χ4v) is 2.04. The van der Waals surface area contributed by atoms with Crippen LogP contribution in [0.2, 0.25) is 0 Å². The Balaban J connectivity index is 1.89. The van der Waals surface area contributed by atoms with E-state index in [1.807, 2.05) is 55.5 Å². The molecule has 0 aromatic heterocycles. The lowest BCUT2D eigenvalue weighted by atomic mass is 10.0. The predicted octanol–water partition coefficient (Wildman–Crippen LogP) is 3.00. The predicted molar refractivity (Wildman–Crippen MR) is 76.3 cm³/mol. The number of carbonyl (C=O) groups is 1. The van der Waals surface area contributed by atoms with E-state index in [4.69, 9.17) is 9.47 Å². The van der Waals surface area contributed by atoms with Gasteiger partial charge in [-0.2, -0.15) is 0 Å². The number of ketones is 1. The summed E-state index contributed by atoms with van der Waals surface area (Å²) < 4.78 is 10.8. The van der Waals surface area contributed by atoms with Crippen LogP contribution in [0.4, 0.5) is 0 Å². The summed E-state index contributed by atoms with van der Waals surface area (Å²) in [5.74, 6) is 0.612. The maximum absolute atomic E-state index is 12.6. The average molecular weight is 268 g/mol. The van der Waals surface area contributed by atoms with Crippen molar-refractivity contribution >= 4 is 5.78 Å². The SMILES string of the molecule is Cc1ccc(OC[C@H]2CO2)c(C(=O)c2ccccc2)c1. The monoisotopic (exact) mass is 268 g/mol. The minimum absolute atomic E-state index is 0.0129. The van der Waals surface area contributed by atoms with Crippen molar-refractivity contribution in [2.45, 2.75) is 13.0 Å². The average Bonchev–Trinajstić information content (AvgIpc) is 3.30. The molecule has 0 aliphatic carbocycles. The first-order chi connectivity index (χ1) is 9.74. The molecule has 2 aromatic carbocycles. The largest absolute Gasteiger partial charge is 0.490 e. The Labute approximate surface area is 118 Å². The van der Waals surface area contributed by atoms with Crippen molar-refractivity contribution in [3.63, 3.8) is 0 Å². The molecular formula is C17H16O3. The Morgan fingerprint density at radius 3 is 2.70 bits per heavy atom. The van der Waals surface area contributed by atoms with Crippen molar-refractivity contribution in [3.05, 3.63) is 65.2 Å². The molecule has 0 amide bonds. The van der Waals surface area contributed by atoms with E-state index in [9.17, 15) is 4.79 Å². The highest BCUT2D eigenvalue weighted by atomic mass is 16.6. The number of aryl methyl sites for hydroxylation is 1. The lowest BCUT2D eigenvalue weighted by Gasteiger charge is -2.11. The van der Waals surface area contributed by atoms with Crippen molar-refractivity contribution in [3.8, 4) is 5.75 Å². The van der Waals surface area contributed by atoms with Crippen molar-refractivity contribution in [2.75, 3.05) is 13.2 Å². The molecule has 102 valence electrons. The first kappa shape index (κ1) is 12.9. The van der Waals surface area contributed by atoms with Gasteiger partial charge in [-0.25, -0.2) is 0 Å². The number of epoxide rings is 1. The second-order valence-electron chi connectivity index (χ2n) is 4.96. The number of hydrogen-bond acceptors (Lipinski definition) is 3. The van der Waals surface area contributed by atoms with Gasteiger partial charge in [0, 0.05) is 5.56 Å². The third-order valence-corrected chi connectivity index (χ3v) is 3.24. The van der Waals surface area contributed by atoms with Gasteiger partial charge in [-0.3, -0.25) is 4.79 Å². The van der Waals surface area contributed by atoms with E-state index >= 15 is 0 Å². The number of rotatable bonds is 5. The fraction of sp³-hybridized carbons (Fsp3) is 0.235. The summed E-state index contributed by atoms with van der Waals surface area (Å²) in [7, 11) is 0. The lowest BCUT2D eigenvalue weighted by Crippen LogP contribution is -2.09. The molecular weight excluding hydrogens is 252 g/mol. The molecule has 1 saturated heterocycles. The van der Waals surface area contributed by atoms with Crippen LogP contribution in [-0.4, -0.2) is 25.1 Å². The highest BCUT2D eigenvalue weighted by molar-refractivity contribution is 6.10. The summed E-state index contributed by atoms with van der Waals surface area (Å²) >= 11 is 0. The standard InChI is InChI=1S/C17H16O3/c1-12-7-8-16(20-11-14-10-19-14)15(9-12)17(18)13-5-3-2-4-6-13/h2-9,14H,10-11H2,1H3/t14-/m1/s1. The molecule has 3 nitrogen and oxygen atoms in total. The van der Waals surface area contributed by atoms with Crippen molar-refractivity contribution in [1.29, 1.82) is 0 Å². The third kappa shape index (κ3) is 2.89. The molecule has 0 unspecified atom stereocenters. The zero-order valence-electron chi connectivity index (χ0n) is 11.3. The Bertz CT molecular complexity index is 615. The van der Waals surface area contributed by atoms with Crippen LogP contribution < -0.4 is 4.74 Å². The Morgan fingerprint density at radius 2 is 2.00 bits per heavy atom. The van der Waals surface area contributed by atoms with Gasteiger partial charge in [-0.15, -0.1) is 0 Å². The van der Waals surface area contributed by atoms with Crippen molar-refractivity contribution in [1.82, 2.24) is 0 Å². The summed E-state index contributed by atoms with van der Waals surface area (Å²) in [5.41, 5.74) is 2.32. The molecule has 0 spiro atoms. The topological polar surface area (TPSA) is 38.8 Å². The minimum Gasteiger partial charge on any atom is -0.490 e. The summed E-state index contributed by atoms with van der Waals surface area (Å²) in [6, 6.07) is 14.9. The number of ether oxygens (including phenoxy) is 2. The van der Waals surface area contributed by atoms with Crippen LogP contribution in [0.1, 0.15) is 21.5 Å². The normalized spacial score (nSPS) is 16.8. The molecule has 0 saturated carbocycles. The molecule has 0 radical (unpaired) electrons. The molecule has 1 aliphatic heterocycles. The Hall–Kier alpha value is -2.13. The second-order valence-corrected chi connectivity index (χ2v) is 4.96. The smallest absolute Gasteiger partial charge is 0.196 e. The molecule has 2 aromatic rings. The molecule has 1 aliphatic rings. The highest BCUT2D eigenvalue weighted by Gasteiger charge is 2.24. The van der Waals surface area contributed by atoms with E-state index in [1.54, 1.807) is 0 Å². The minimum atomic E-state index is -0.0129. The van der Waals surface area contributed by atoms with Gasteiger partial charge in [0.1, 0.15) is 18.5 Å². The van der Waals surface area contributed by atoms with Crippen molar-refractivity contribution < 1.29 is 14.3 Å². The van der Waals surface area contributed by atoms with Crippen LogP contribution in [0.25, 0.3) is 0 Å². The number of hydrogen-bond donors (Lipinski definition) is 0. The van der Waals surface area contributed by atoms with E-state index in [1.165, 1.54) is 0 Å². The molecule has 0 bridgehead atoms. The zero-order chi connectivity index (χ0) is 13.9. The second kappa shape index (κ2) is 5.47. The molecule has 1 heterocycles. The maximum Gasteiger partial charge on any atom is 0.196 e. The summed E-state index contributed by atoms with van der Waals surface area (Å²) in [6.07, 6.45) is 0.177. The van der Waals surface area contributed by atoms with Gasteiger partial charge in [-0.05, 0) is 19.1 Å². The van der Waals surface area contributed by atoms with Gasteiger partial charge in [0.15, 0.2) is 5.78 Å². The van der Waals surface area contributed by atoms with Gasteiger partial charge in [0.25, 0.3) is 0 Å². The van der Waals surface area contributed by atoms with Crippen molar-refractivity contribution in [2.24, 2.45) is 0 Å². The summed E-state index contributed by atoms with van der Waals surface area (Å²) in [5, 5.41) is 0. The van der Waals surface area contributed by atoms with Crippen LogP contribution >= 0.6 is 0 Å². The van der Waals surface area contributed by atoms with Crippen LogP contribution in [0, 0.1) is 6.92 Å². The molecule has 1 atom stereocenters. The number of benzene rings is 2. The third-order valence-electron chi connectivity index (χ3n) is 3.24. The first-order valence-electron chi connectivity index (χ1n) is 6.69. The van der Waals surface area contributed by atoms with E-state index in [0.29, 0.717) is 23.5 Å². The van der Waals surface area contributed by atoms with E-state index in [2.05, 4.69) is 0 Å². The fourth-order valence-electron chi connectivity index (χ4n) is 2.04. The van der Waals surface area contributed by atoms with E-state index in [0.717, 1.165) is 12.2 Å². The van der Waals surface area contributed by atoms with Gasteiger partial charge < -0.3 is 9.47 Å². The maximum atomic E-state index is 12.6. The Morgan fingerprint density at radius 1 is 1.25 bits per heavy atom. The lowest BCUT2D eigenvalue weighted by molar-refractivity contribution is 0.103. The van der Waals surface area contributed by atoms with Gasteiger partial charge >= 0.3 is 0 Å². The van der Waals surface area contributed by atoms with Gasteiger partial charge in [-0.1, -0.05) is 42.0 Å². The number of carbonyl (C=O) groups excluding carboxylic acids is 1. The van der Waals surface area contributed by atoms with Crippen LogP contribution in [-0.2, 0) is 4.74 Å². The molecule has 3 rings (SSSR count). The summed E-state index contributed by atoms with van der Waals surface area (Å²) in [4.78, 5) is 12.6. The molecule has 20 heavy (non-hydrogen) atoms. The zero-order valence-corrected chi connectivity index (χ0v) is 11.3. The van der Waals surface area contributed by atoms with Gasteiger partial charge in [0.2, 0.25) is 0 Å². The molecule has 1 fully saturated rings. The molecule has 0 N–H and O–H groups in total. The van der Waals surface area contributed by atoms with E-state index < -0.39 is 0 Å². The van der Waals surface area contributed by atoms with Crippen LogP contribution in [0.15, 0.2) is 48.5 Å². The van der Waals surface area contributed by atoms with E-state index in [-0.39, 0.29) is 11.9 Å². The first-order valence-corrected chi connectivity index (χ1v) is 6.69. The van der Waals surface area contributed by atoms with Gasteiger partial charge in [0.05, 0.1) is 12.2 Å². The van der Waals surface area contributed by atoms with Crippen LogP contribution in [0.3, 0.4) is 0 Å². The highest BCUT2D eigenvalue weighted by Crippen LogP contribution is 2.24. The Kier molecular flexibility index (Phi) is 3.52. The molecule has 3 heteroatoms.